The van der Waals surface area contributed by atoms with E-state index in [1.807, 2.05) is 24.3 Å². The minimum absolute atomic E-state index is 0.152. The number of pyridine rings is 1. The monoisotopic (exact) mass is 817 g/mol. The number of ether oxygens (including phenoxy) is 1. The Hall–Kier alpha value is -4.71. The molecule has 0 saturated heterocycles. The van der Waals surface area contributed by atoms with Gasteiger partial charge < -0.3 is 14.9 Å². The maximum absolute atomic E-state index is 16.2. The van der Waals surface area contributed by atoms with E-state index in [1.165, 1.54) is 44.2 Å². The van der Waals surface area contributed by atoms with Gasteiger partial charge in [0.05, 0.1) is 18.5 Å². The summed E-state index contributed by atoms with van der Waals surface area (Å²) in [5, 5.41) is 24.8. The SMILES string of the molecule is COc1cc(-c2cc(C(C)C)ccc2-c2cc(F)cc(C34CC5CC(C3)C(C5)C4)c2O)nc(-c2cc(C(C)C)ccc2-c2cc(F)cc(C34CC5CC6CC(C3)C64C5)c2O)c1. The lowest BCUT2D eigenvalue weighted by molar-refractivity contribution is -0.199. The number of nitrogens with zero attached hydrogens (tertiary/aromatic N) is 1. The molecule has 8 fully saturated rings. The van der Waals surface area contributed by atoms with E-state index in [1.54, 1.807) is 19.2 Å². The Bertz CT molecular complexity index is 2660. The lowest BCUT2D eigenvalue weighted by Crippen LogP contribution is -2.68. The number of hydrogen-bond acceptors (Lipinski definition) is 4. The second-order valence-electron chi connectivity index (χ2n) is 21.6. The molecule has 4 nitrogen and oxygen atoms in total. The maximum Gasteiger partial charge on any atom is 0.127 e. The molecule has 5 aromatic rings. The standard InChI is InChI=1S/C55H57F2NO3/c1-28(2)32-6-8-41(45-16-38(56)18-47(51(45)59)53-22-30-10-34(25-53)35(11-30)26-53)43(13-32)49-20-40(61-5)21-50(58-49)44-14-33(29(3)4)7-9-42(44)46-17-39(57)19-48(52(46)60)54-23-31-12-36-15-37(27-54)55(36,54)24-31/h6-9,13-14,16-21,28-31,34-37,59-60H,10-12,15,22-27H2,1-5H3. The number of phenols is 2. The van der Waals surface area contributed by atoms with E-state index in [9.17, 15) is 10.2 Å². The highest BCUT2D eigenvalue weighted by Crippen LogP contribution is 2.87. The number of hydrogen-bond donors (Lipinski definition) is 2. The van der Waals surface area contributed by atoms with Gasteiger partial charge in [-0.25, -0.2) is 13.8 Å². The van der Waals surface area contributed by atoms with Crippen molar-refractivity contribution in [2.75, 3.05) is 7.11 Å². The first-order chi connectivity index (χ1) is 29.3. The summed E-state index contributed by atoms with van der Waals surface area (Å²) >= 11 is 0. The summed E-state index contributed by atoms with van der Waals surface area (Å²) < 4.78 is 38.2. The van der Waals surface area contributed by atoms with Crippen molar-refractivity contribution in [3.05, 3.63) is 107 Å². The van der Waals surface area contributed by atoms with Gasteiger partial charge in [-0.15, -0.1) is 0 Å². The maximum atomic E-state index is 16.2. The van der Waals surface area contributed by atoms with Crippen LogP contribution in [0.1, 0.15) is 126 Å². The van der Waals surface area contributed by atoms with Crippen molar-refractivity contribution >= 4 is 0 Å². The van der Waals surface area contributed by atoms with Crippen LogP contribution in [0.3, 0.4) is 0 Å². The topological polar surface area (TPSA) is 62.6 Å². The van der Waals surface area contributed by atoms with Gasteiger partial charge in [0.25, 0.3) is 0 Å². The van der Waals surface area contributed by atoms with Crippen LogP contribution >= 0.6 is 0 Å². The van der Waals surface area contributed by atoms with E-state index < -0.39 is 0 Å². The number of fused-ring (bicyclic) bond motifs is 1. The second kappa shape index (κ2) is 12.9. The minimum atomic E-state index is -0.336. The Morgan fingerprint density at radius 1 is 0.574 bits per heavy atom. The quantitative estimate of drug-likeness (QED) is 0.156. The lowest BCUT2D eigenvalue weighted by atomic mass is 9.31. The Labute approximate surface area is 358 Å². The van der Waals surface area contributed by atoms with Crippen molar-refractivity contribution in [1.82, 2.24) is 4.98 Å². The third kappa shape index (κ3) is 5.17. The Kier molecular flexibility index (Phi) is 8.05. The highest BCUT2D eigenvalue weighted by atomic mass is 19.1. The van der Waals surface area contributed by atoms with Gasteiger partial charge in [0.1, 0.15) is 28.9 Å². The van der Waals surface area contributed by atoms with Crippen molar-refractivity contribution in [2.24, 2.45) is 40.9 Å². The molecule has 1 heterocycles. The zero-order valence-electron chi connectivity index (χ0n) is 36.1. The van der Waals surface area contributed by atoms with Gasteiger partial charge in [0, 0.05) is 50.9 Å². The van der Waals surface area contributed by atoms with Gasteiger partial charge in [-0.05, 0) is 181 Å². The van der Waals surface area contributed by atoms with Crippen LogP contribution in [0.15, 0.2) is 72.8 Å². The molecular formula is C55H57F2NO3. The average Bonchev–Trinajstić information content (AvgIpc) is 3.92. The third-order valence-electron chi connectivity index (χ3n) is 18.1. The summed E-state index contributed by atoms with van der Waals surface area (Å²) in [6, 6.07) is 22.5. The Balaban J connectivity index is 1.02. The molecule has 1 aromatic heterocycles. The number of phenolic OH excluding ortho intramolecular Hbond substituents is 2. The molecule has 8 saturated carbocycles. The van der Waals surface area contributed by atoms with Gasteiger partial charge in [0.2, 0.25) is 0 Å². The molecule has 6 heteroatoms. The number of aromatic hydroxyl groups is 2. The summed E-state index contributed by atoms with van der Waals surface area (Å²) in [5.41, 5.74) is 8.83. The van der Waals surface area contributed by atoms with Crippen molar-refractivity contribution < 1.29 is 23.7 Å². The summed E-state index contributed by atoms with van der Waals surface area (Å²) in [7, 11) is 1.64. The molecule has 0 radical (unpaired) electrons. The fourth-order valence-corrected chi connectivity index (χ4v) is 15.8. The molecule has 8 aliphatic rings. The normalized spacial score (nSPS) is 32.1. The summed E-state index contributed by atoms with van der Waals surface area (Å²) in [6.45, 7) is 8.61. The molecule has 8 aliphatic carbocycles. The number of aromatic nitrogens is 1. The van der Waals surface area contributed by atoms with Gasteiger partial charge in [-0.3, -0.25) is 0 Å². The van der Waals surface area contributed by atoms with Crippen LogP contribution in [0.5, 0.6) is 17.2 Å². The summed E-state index contributed by atoms with van der Waals surface area (Å²) in [6.07, 6.45) is 11.5. The second-order valence-corrected chi connectivity index (χ2v) is 21.6. The molecule has 6 bridgehead atoms. The van der Waals surface area contributed by atoms with Crippen LogP contribution in [0.25, 0.3) is 44.8 Å². The fourth-order valence-electron chi connectivity index (χ4n) is 15.8. The third-order valence-corrected chi connectivity index (χ3v) is 18.1. The van der Waals surface area contributed by atoms with E-state index >= 15 is 8.78 Å². The van der Waals surface area contributed by atoms with Crippen molar-refractivity contribution in [3.63, 3.8) is 0 Å². The van der Waals surface area contributed by atoms with Gasteiger partial charge in [0.15, 0.2) is 0 Å². The van der Waals surface area contributed by atoms with Crippen LogP contribution in [-0.2, 0) is 10.8 Å². The zero-order valence-corrected chi connectivity index (χ0v) is 36.1. The van der Waals surface area contributed by atoms with E-state index in [-0.39, 0.29) is 51.2 Å². The molecule has 0 amide bonds. The predicted molar refractivity (Wildman–Crippen MR) is 237 cm³/mol. The number of benzene rings is 4. The van der Waals surface area contributed by atoms with E-state index in [0.29, 0.717) is 69.3 Å². The molecule has 13 rings (SSSR count). The smallest absolute Gasteiger partial charge is 0.127 e. The number of halogens is 2. The predicted octanol–water partition coefficient (Wildman–Crippen LogP) is 13.8. The van der Waals surface area contributed by atoms with Crippen LogP contribution in [0.2, 0.25) is 0 Å². The highest BCUT2D eigenvalue weighted by Gasteiger charge is 2.81. The van der Waals surface area contributed by atoms with Crippen molar-refractivity contribution in [3.8, 4) is 62.0 Å². The van der Waals surface area contributed by atoms with Gasteiger partial charge in [-0.1, -0.05) is 52.0 Å². The largest absolute Gasteiger partial charge is 0.507 e. The zero-order chi connectivity index (χ0) is 41.9. The molecule has 314 valence electrons. The van der Waals surface area contributed by atoms with Crippen LogP contribution in [-0.4, -0.2) is 22.3 Å². The van der Waals surface area contributed by atoms with E-state index in [2.05, 4.69) is 52.0 Å². The van der Waals surface area contributed by atoms with Crippen molar-refractivity contribution in [2.45, 2.75) is 115 Å². The Morgan fingerprint density at radius 2 is 1.15 bits per heavy atom. The molecule has 1 spiro atoms. The van der Waals surface area contributed by atoms with Crippen LogP contribution in [0.4, 0.5) is 8.78 Å². The van der Waals surface area contributed by atoms with Crippen LogP contribution in [0, 0.1) is 52.6 Å². The minimum Gasteiger partial charge on any atom is -0.507 e. The highest BCUT2D eigenvalue weighted by molar-refractivity contribution is 5.90. The average molecular weight is 818 g/mol. The first-order valence-corrected chi connectivity index (χ1v) is 23.2. The first kappa shape index (κ1) is 38.0. The van der Waals surface area contributed by atoms with Crippen LogP contribution < -0.4 is 4.74 Å². The number of rotatable bonds is 9. The van der Waals surface area contributed by atoms with Gasteiger partial charge >= 0.3 is 0 Å². The Morgan fingerprint density at radius 3 is 1.67 bits per heavy atom. The molecular weight excluding hydrogens is 761 g/mol. The molecule has 7 unspecified atom stereocenters. The fraction of sp³-hybridized carbons (Fsp3) is 0.473. The number of methoxy groups -OCH3 is 1. The summed E-state index contributed by atoms with van der Waals surface area (Å²) in [5.74, 6) is 4.76. The molecule has 0 aliphatic heterocycles. The van der Waals surface area contributed by atoms with E-state index in [0.717, 1.165) is 71.0 Å². The molecule has 7 atom stereocenters. The van der Waals surface area contributed by atoms with Gasteiger partial charge in [-0.2, -0.15) is 0 Å². The van der Waals surface area contributed by atoms with E-state index in [4.69, 9.17) is 9.72 Å². The first-order valence-electron chi connectivity index (χ1n) is 23.2. The van der Waals surface area contributed by atoms with Crippen molar-refractivity contribution in [1.29, 1.82) is 0 Å². The molecule has 4 aromatic carbocycles. The summed E-state index contributed by atoms with van der Waals surface area (Å²) in [4.78, 5) is 5.42. The molecule has 61 heavy (non-hydrogen) atoms. The lowest BCUT2D eigenvalue weighted by Gasteiger charge is -2.73. The molecule has 2 N–H and O–H groups in total.